The smallest absolute Gasteiger partial charge is 0.227 e. The summed E-state index contributed by atoms with van der Waals surface area (Å²) in [4.78, 5) is 13.6. The summed E-state index contributed by atoms with van der Waals surface area (Å²) < 4.78 is 32.8. The fraction of sp³-hybridized carbons (Fsp3) is 0.462. The topological polar surface area (TPSA) is 98.9 Å². The van der Waals surface area contributed by atoms with E-state index in [-0.39, 0.29) is 24.0 Å². The quantitative estimate of drug-likeness (QED) is 0.845. The molecule has 8 heteroatoms. The van der Waals surface area contributed by atoms with Gasteiger partial charge in [-0.1, -0.05) is 6.07 Å². The van der Waals surface area contributed by atoms with Gasteiger partial charge in [0.2, 0.25) is 15.9 Å². The number of hydrogen-bond donors (Lipinski definition) is 1. The monoisotopic (exact) mass is 314 g/mol. The van der Waals surface area contributed by atoms with E-state index in [0.717, 1.165) is 0 Å². The molecule has 1 aromatic rings. The van der Waals surface area contributed by atoms with Gasteiger partial charge in [-0.15, -0.1) is 0 Å². The highest BCUT2D eigenvalue weighted by molar-refractivity contribution is 7.89. The molecule has 1 amide bonds. The van der Waals surface area contributed by atoms with Gasteiger partial charge in [0.1, 0.15) is 0 Å². The molecule has 1 aliphatic heterocycles. The van der Waals surface area contributed by atoms with Gasteiger partial charge in [0.15, 0.2) is 11.5 Å². The number of sulfonamides is 1. The second kappa shape index (κ2) is 5.90. The summed E-state index contributed by atoms with van der Waals surface area (Å²) in [5.41, 5.74) is 0.568. The van der Waals surface area contributed by atoms with Crippen molar-refractivity contribution in [2.75, 3.05) is 31.4 Å². The average Bonchev–Trinajstić information content (AvgIpc) is 2.75. The lowest BCUT2D eigenvalue weighted by Crippen LogP contribution is -2.27. The first-order chi connectivity index (χ1) is 9.85. The van der Waals surface area contributed by atoms with Gasteiger partial charge < -0.3 is 14.4 Å². The maximum absolute atomic E-state index is 12.1. The van der Waals surface area contributed by atoms with E-state index < -0.39 is 10.0 Å². The van der Waals surface area contributed by atoms with Crippen LogP contribution in [0.1, 0.15) is 6.42 Å². The SMILES string of the molecule is COc1cccc(N2CC(CS(N)(=O)=O)CC2=O)c1OC. The number of nitrogens with zero attached hydrogens (tertiary/aromatic N) is 1. The molecule has 0 spiro atoms. The maximum Gasteiger partial charge on any atom is 0.227 e. The van der Waals surface area contributed by atoms with Gasteiger partial charge in [0.25, 0.3) is 0 Å². The number of amides is 1. The third-order valence-corrected chi connectivity index (χ3v) is 4.28. The van der Waals surface area contributed by atoms with Crippen molar-refractivity contribution in [2.24, 2.45) is 11.1 Å². The first-order valence-electron chi connectivity index (χ1n) is 6.37. The molecule has 1 aliphatic rings. The summed E-state index contributed by atoms with van der Waals surface area (Å²) in [6.07, 6.45) is 0.150. The Labute approximate surface area is 123 Å². The highest BCUT2D eigenvalue weighted by Crippen LogP contribution is 2.39. The van der Waals surface area contributed by atoms with Crippen molar-refractivity contribution in [1.29, 1.82) is 0 Å². The highest BCUT2D eigenvalue weighted by Gasteiger charge is 2.34. The zero-order chi connectivity index (χ0) is 15.6. The Bertz CT molecular complexity index is 644. The minimum absolute atomic E-state index is 0.150. The number of hydrogen-bond acceptors (Lipinski definition) is 5. The number of nitrogens with two attached hydrogens (primary N) is 1. The van der Waals surface area contributed by atoms with E-state index in [1.807, 2.05) is 0 Å². The number of para-hydroxylation sites is 1. The zero-order valence-corrected chi connectivity index (χ0v) is 12.7. The van der Waals surface area contributed by atoms with Gasteiger partial charge in [-0.2, -0.15) is 0 Å². The lowest BCUT2D eigenvalue weighted by Gasteiger charge is -2.21. The van der Waals surface area contributed by atoms with Crippen molar-refractivity contribution in [1.82, 2.24) is 0 Å². The Balaban J connectivity index is 2.29. The van der Waals surface area contributed by atoms with E-state index in [1.54, 1.807) is 18.2 Å². The molecular formula is C13H18N2O5S. The molecule has 1 unspecified atom stereocenters. The van der Waals surface area contributed by atoms with Crippen LogP contribution in [-0.2, 0) is 14.8 Å². The molecule has 1 fully saturated rings. The first-order valence-corrected chi connectivity index (χ1v) is 8.09. The molecule has 0 aromatic heterocycles. The third-order valence-electron chi connectivity index (χ3n) is 3.35. The Morgan fingerprint density at radius 2 is 2.05 bits per heavy atom. The van der Waals surface area contributed by atoms with Crippen LogP contribution in [0.15, 0.2) is 18.2 Å². The number of benzene rings is 1. The van der Waals surface area contributed by atoms with Gasteiger partial charge in [0.05, 0.1) is 25.7 Å². The summed E-state index contributed by atoms with van der Waals surface area (Å²) in [5, 5.41) is 5.04. The lowest BCUT2D eigenvalue weighted by atomic mass is 10.1. The molecule has 2 N–H and O–H groups in total. The molecule has 2 rings (SSSR count). The number of carbonyl (C=O) groups is 1. The lowest BCUT2D eigenvalue weighted by molar-refractivity contribution is -0.117. The molecule has 21 heavy (non-hydrogen) atoms. The second-order valence-electron chi connectivity index (χ2n) is 4.92. The molecule has 0 radical (unpaired) electrons. The molecule has 116 valence electrons. The van der Waals surface area contributed by atoms with Crippen LogP contribution in [0, 0.1) is 5.92 Å². The van der Waals surface area contributed by atoms with Gasteiger partial charge in [0, 0.05) is 18.9 Å². The van der Waals surface area contributed by atoms with Crippen LogP contribution in [0.2, 0.25) is 0 Å². The zero-order valence-electron chi connectivity index (χ0n) is 11.9. The van der Waals surface area contributed by atoms with Gasteiger partial charge in [-0.3, -0.25) is 4.79 Å². The van der Waals surface area contributed by atoms with Crippen LogP contribution in [0.3, 0.4) is 0 Å². The third kappa shape index (κ3) is 3.45. The Hall–Kier alpha value is -1.80. The van der Waals surface area contributed by atoms with Crippen molar-refractivity contribution >= 4 is 21.6 Å². The molecule has 0 bridgehead atoms. The normalized spacial score (nSPS) is 18.9. The minimum atomic E-state index is -3.60. The molecule has 1 saturated heterocycles. The van der Waals surface area contributed by atoms with E-state index >= 15 is 0 Å². The molecule has 1 heterocycles. The van der Waals surface area contributed by atoms with E-state index in [4.69, 9.17) is 14.6 Å². The molecule has 0 aliphatic carbocycles. The van der Waals surface area contributed by atoms with E-state index in [9.17, 15) is 13.2 Å². The number of primary sulfonamides is 1. The number of ether oxygens (including phenoxy) is 2. The Morgan fingerprint density at radius 3 is 2.62 bits per heavy atom. The van der Waals surface area contributed by atoms with Crippen LogP contribution in [0.5, 0.6) is 11.5 Å². The fourth-order valence-electron chi connectivity index (χ4n) is 2.54. The van der Waals surface area contributed by atoms with Crippen molar-refractivity contribution in [2.45, 2.75) is 6.42 Å². The maximum atomic E-state index is 12.1. The highest BCUT2D eigenvalue weighted by atomic mass is 32.2. The minimum Gasteiger partial charge on any atom is -0.493 e. The van der Waals surface area contributed by atoms with Crippen LogP contribution < -0.4 is 19.5 Å². The van der Waals surface area contributed by atoms with Crippen molar-refractivity contribution in [3.8, 4) is 11.5 Å². The van der Waals surface area contributed by atoms with Gasteiger partial charge in [-0.25, -0.2) is 13.6 Å². The fourth-order valence-corrected chi connectivity index (χ4v) is 3.42. The average molecular weight is 314 g/mol. The summed E-state index contributed by atoms with van der Waals surface area (Å²) >= 11 is 0. The molecular weight excluding hydrogens is 296 g/mol. The Kier molecular flexibility index (Phi) is 4.38. The second-order valence-corrected chi connectivity index (χ2v) is 6.58. The van der Waals surface area contributed by atoms with Crippen LogP contribution >= 0.6 is 0 Å². The predicted molar refractivity (Wildman–Crippen MR) is 78.0 cm³/mol. The molecule has 7 nitrogen and oxygen atoms in total. The first kappa shape index (κ1) is 15.6. The Morgan fingerprint density at radius 1 is 1.33 bits per heavy atom. The number of methoxy groups -OCH3 is 2. The summed E-state index contributed by atoms with van der Waals surface area (Å²) in [6.45, 7) is 0.290. The number of anilines is 1. The van der Waals surface area contributed by atoms with Crippen LogP contribution in [-0.4, -0.2) is 40.8 Å². The van der Waals surface area contributed by atoms with Crippen LogP contribution in [0.4, 0.5) is 5.69 Å². The summed E-state index contributed by atoms with van der Waals surface area (Å²) in [6, 6.07) is 5.21. The number of rotatable bonds is 5. The van der Waals surface area contributed by atoms with Crippen LogP contribution in [0.25, 0.3) is 0 Å². The van der Waals surface area contributed by atoms with E-state index in [1.165, 1.54) is 19.1 Å². The largest absolute Gasteiger partial charge is 0.493 e. The van der Waals surface area contributed by atoms with Gasteiger partial charge in [-0.05, 0) is 12.1 Å². The molecule has 0 saturated carbocycles. The van der Waals surface area contributed by atoms with Gasteiger partial charge >= 0.3 is 0 Å². The van der Waals surface area contributed by atoms with Crippen molar-refractivity contribution in [3.63, 3.8) is 0 Å². The summed E-state index contributed by atoms with van der Waals surface area (Å²) in [7, 11) is -0.599. The van der Waals surface area contributed by atoms with E-state index in [0.29, 0.717) is 23.7 Å². The standard InChI is InChI=1S/C13H18N2O5S/c1-19-11-5-3-4-10(13(11)20-2)15-7-9(6-12(15)16)8-21(14,17)18/h3-5,9H,6-8H2,1-2H3,(H2,14,17,18). The number of carbonyl (C=O) groups excluding carboxylic acids is 1. The van der Waals surface area contributed by atoms with Crippen molar-refractivity contribution in [3.05, 3.63) is 18.2 Å². The van der Waals surface area contributed by atoms with Crippen molar-refractivity contribution < 1.29 is 22.7 Å². The molecule has 1 atom stereocenters. The molecule has 1 aromatic carbocycles. The van der Waals surface area contributed by atoms with E-state index in [2.05, 4.69) is 0 Å². The summed E-state index contributed by atoms with van der Waals surface area (Å²) in [5.74, 6) is 0.280. The predicted octanol–water partition coefficient (Wildman–Crippen LogP) is 0.345.